The van der Waals surface area contributed by atoms with Gasteiger partial charge in [0.1, 0.15) is 12.4 Å². The maximum Gasteiger partial charge on any atom is 0.426 e. The van der Waals surface area contributed by atoms with E-state index in [9.17, 15) is 39.3 Å². The zero-order valence-corrected chi connectivity index (χ0v) is 14.3. The van der Waals surface area contributed by atoms with E-state index in [2.05, 4.69) is 34.8 Å². The third-order valence-corrected chi connectivity index (χ3v) is 3.38. The lowest BCUT2D eigenvalue weighted by Crippen LogP contribution is -2.46. The van der Waals surface area contributed by atoms with Crippen molar-refractivity contribution in [2.75, 3.05) is 0 Å². The topological polar surface area (TPSA) is 66.0 Å². The second-order valence-corrected chi connectivity index (χ2v) is 6.04. The summed E-state index contributed by atoms with van der Waals surface area (Å²) in [6.45, 7) is 3.36. The van der Waals surface area contributed by atoms with E-state index in [-0.39, 0.29) is 12.4 Å². The molecule has 1 aromatic rings. The van der Waals surface area contributed by atoms with Gasteiger partial charge in [0.15, 0.2) is 10.1 Å². The molecule has 24 heavy (non-hydrogen) atoms. The molecule has 1 aromatic heterocycles. The Kier molecular flexibility index (Phi) is 9.95. The first-order chi connectivity index (χ1) is 10.2. The van der Waals surface area contributed by atoms with Crippen LogP contribution in [-0.4, -0.2) is 35.1 Å². The Morgan fingerprint density at radius 3 is 2.00 bits per heavy atom. The second kappa shape index (κ2) is 9.47. The van der Waals surface area contributed by atoms with Crippen LogP contribution in [0, 0.1) is 0 Å². The van der Waals surface area contributed by atoms with Gasteiger partial charge in [0.05, 0.1) is 13.6 Å². The van der Waals surface area contributed by atoms with Gasteiger partial charge in [0.25, 0.3) is 6.17 Å². The van der Waals surface area contributed by atoms with Gasteiger partial charge < -0.3 is 4.55 Å². The molecule has 1 rings (SSSR count). The summed E-state index contributed by atoms with van der Waals surface area (Å²) in [6.07, 6.45) is -2.29. The van der Waals surface area contributed by atoms with Gasteiger partial charge in [-0.15, -0.1) is 12.4 Å². The molecule has 0 saturated heterocycles. The molecule has 1 unspecified atom stereocenters. The molecule has 0 spiro atoms. The SMILES string of the molecule is CCCC[n+]1ccn(C)c1.Cl.O=S(=O)([O-])C(F)(F)C(F)C(F)(F)F. The van der Waals surface area contributed by atoms with Crippen LogP contribution >= 0.6 is 12.4 Å². The van der Waals surface area contributed by atoms with Crippen LogP contribution in [0.15, 0.2) is 18.7 Å². The first-order valence-corrected chi connectivity index (χ1v) is 7.69. The van der Waals surface area contributed by atoms with Crippen molar-refractivity contribution in [1.29, 1.82) is 0 Å². The zero-order valence-electron chi connectivity index (χ0n) is 12.6. The van der Waals surface area contributed by atoms with Crippen molar-refractivity contribution in [3.8, 4) is 0 Å². The molecule has 0 aromatic carbocycles. The van der Waals surface area contributed by atoms with Crippen molar-refractivity contribution in [3.63, 3.8) is 0 Å². The minimum Gasteiger partial charge on any atom is -0.743 e. The minimum atomic E-state index is -6.66. The van der Waals surface area contributed by atoms with Crippen LogP contribution in [0.5, 0.6) is 0 Å². The van der Waals surface area contributed by atoms with Crippen LogP contribution in [0.2, 0.25) is 0 Å². The Bertz CT molecular complexity index is 591. The summed E-state index contributed by atoms with van der Waals surface area (Å²) in [7, 11) is -4.62. The molecule has 0 fully saturated rings. The molecular weight excluding hydrogens is 390 g/mol. The molecule has 13 heteroatoms. The van der Waals surface area contributed by atoms with Gasteiger partial charge in [-0.05, 0) is 6.42 Å². The number of imidazole rings is 1. The third-order valence-electron chi connectivity index (χ3n) is 2.51. The molecule has 144 valence electrons. The normalized spacial score (nSPS) is 13.5. The van der Waals surface area contributed by atoms with E-state index in [1.165, 1.54) is 12.8 Å². The molecule has 0 radical (unpaired) electrons. The quantitative estimate of drug-likeness (QED) is 0.429. The molecule has 0 aliphatic rings. The predicted octanol–water partition coefficient (Wildman–Crippen LogP) is 2.56. The van der Waals surface area contributed by atoms with Gasteiger partial charge in [0, 0.05) is 0 Å². The number of hydrogen-bond donors (Lipinski definition) is 0. The first-order valence-electron chi connectivity index (χ1n) is 6.28. The van der Waals surface area contributed by atoms with Crippen molar-refractivity contribution in [3.05, 3.63) is 18.7 Å². The fourth-order valence-corrected chi connectivity index (χ4v) is 1.68. The van der Waals surface area contributed by atoms with Crippen LogP contribution in [-0.2, 0) is 23.7 Å². The largest absolute Gasteiger partial charge is 0.743 e. The lowest BCUT2D eigenvalue weighted by Gasteiger charge is -2.24. The van der Waals surface area contributed by atoms with Crippen molar-refractivity contribution in [2.45, 2.75) is 43.9 Å². The number of halogens is 7. The number of alkyl halides is 6. The Morgan fingerprint density at radius 2 is 1.75 bits per heavy atom. The highest BCUT2D eigenvalue weighted by atomic mass is 35.5. The Balaban J connectivity index is 0. The van der Waals surface area contributed by atoms with Gasteiger partial charge in [-0.1, -0.05) is 13.3 Å². The van der Waals surface area contributed by atoms with Gasteiger partial charge >= 0.3 is 11.4 Å². The Morgan fingerprint density at radius 1 is 1.25 bits per heavy atom. The van der Waals surface area contributed by atoms with Crippen LogP contribution in [0.1, 0.15) is 19.8 Å². The number of rotatable bonds is 5. The van der Waals surface area contributed by atoms with Crippen molar-refractivity contribution in [1.82, 2.24) is 4.57 Å². The Hall–Kier alpha value is -1.01. The van der Waals surface area contributed by atoms with E-state index >= 15 is 0 Å². The van der Waals surface area contributed by atoms with Crippen LogP contribution in [0.25, 0.3) is 0 Å². The van der Waals surface area contributed by atoms with Gasteiger partial charge in [-0.25, -0.2) is 21.9 Å². The minimum absolute atomic E-state index is 0. The summed E-state index contributed by atoms with van der Waals surface area (Å²) < 4.78 is 102. The van der Waals surface area contributed by atoms with Gasteiger partial charge in [0.2, 0.25) is 6.33 Å². The van der Waals surface area contributed by atoms with E-state index in [0.29, 0.717) is 0 Å². The number of aryl methyl sites for hydroxylation is 2. The summed E-state index contributed by atoms with van der Waals surface area (Å²) >= 11 is 0. The third kappa shape index (κ3) is 7.71. The molecule has 0 amide bonds. The highest BCUT2D eigenvalue weighted by Gasteiger charge is 2.61. The van der Waals surface area contributed by atoms with E-state index in [1.54, 1.807) is 0 Å². The molecule has 5 nitrogen and oxygen atoms in total. The van der Waals surface area contributed by atoms with E-state index in [0.717, 1.165) is 6.54 Å². The van der Waals surface area contributed by atoms with Crippen molar-refractivity contribution in [2.24, 2.45) is 7.05 Å². The van der Waals surface area contributed by atoms with Gasteiger partial charge in [-0.3, -0.25) is 0 Å². The molecule has 1 atom stereocenters. The summed E-state index contributed by atoms with van der Waals surface area (Å²) in [4.78, 5) is 0. The molecule has 0 N–H and O–H groups in total. The average molecular weight is 407 g/mol. The predicted molar refractivity (Wildman–Crippen MR) is 73.4 cm³/mol. The zero-order chi connectivity index (χ0) is 18.5. The van der Waals surface area contributed by atoms with Crippen LogP contribution < -0.4 is 4.57 Å². The molecule has 1 heterocycles. The highest BCUT2D eigenvalue weighted by Crippen LogP contribution is 2.37. The van der Waals surface area contributed by atoms with Crippen LogP contribution in [0.3, 0.4) is 0 Å². The van der Waals surface area contributed by atoms with E-state index < -0.39 is 27.7 Å². The number of nitrogens with zero attached hydrogens (tertiary/aromatic N) is 2. The number of hydrogen-bond acceptors (Lipinski definition) is 3. The fourth-order valence-electron chi connectivity index (χ4n) is 1.29. The molecule has 0 aliphatic heterocycles. The van der Waals surface area contributed by atoms with Crippen molar-refractivity contribution < 1.29 is 43.9 Å². The molecule has 0 bridgehead atoms. The second-order valence-electron chi connectivity index (χ2n) is 4.59. The average Bonchev–Trinajstić information content (AvgIpc) is 2.79. The van der Waals surface area contributed by atoms with Crippen molar-refractivity contribution >= 4 is 22.5 Å². The van der Waals surface area contributed by atoms with E-state index in [1.807, 2.05) is 7.05 Å². The number of unbranched alkanes of at least 4 members (excludes halogenated alkanes) is 1. The monoisotopic (exact) mass is 406 g/mol. The molecular formula is C11H17ClF6N2O3S. The molecule has 0 saturated carbocycles. The fraction of sp³-hybridized carbons (Fsp3) is 0.727. The van der Waals surface area contributed by atoms with E-state index in [4.69, 9.17) is 0 Å². The standard InChI is InChI=1S/C8H15N2.C3H2F6O3S.ClH/c1-3-4-5-10-7-6-9(2)8-10;4-1(2(5,6)7)3(8,9)13(10,11)12;/h6-8H,3-5H2,1-2H3;1H,(H,10,11,12);1H/q+1;;/p-1. The lowest BCUT2D eigenvalue weighted by molar-refractivity contribution is -0.696. The molecule has 0 aliphatic carbocycles. The summed E-state index contributed by atoms with van der Waals surface area (Å²) in [5.41, 5.74) is 0. The maximum atomic E-state index is 11.8. The first kappa shape index (κ1) is 25.2. The lowest BCUT2D eigenvalue weighted by atomic mass is 10.3. The summed E-state index contributed by atoms with van der Waals surface area (Å²) in [5, 5.41) is -5.99. The summed E-state index contributed by atoms with van der Waals surface area (Å²) in [6, 6.07) is 0. The Labute approximate surface area is 141 Å². The highest BCUT2D eigenvalue weighted by molar-refractivity contribution is 7.86. The number of aromatic nitrogens is 2. The smallest absolute Gasteiger partial charge is 0.426 e. The van der Waals surface area contributed by atoms with Crippen LogP contribution in [0.4, 0.5) is 26.3 Å². The maximum absolute atomic E-state index is 11.8. The van der Waals surface area contributed by atoms with Gasteiger partial charge in [-0.2, -0.15) is 22.0 Å². The summed E-state index contributed by atoms with van der Waals surface area (Å²) in [5.74, 6) is 0.